The Bertz CT molecular complexity index is 875. The Balaban J connectivity index is 1.64. The van der Waals surface area contributed by atoms with Gasteiger partial charge in [0, 0.05) is 57.0 Å². The molecule has 0 radical (unpaired) electrons. The standard InChI is InChI=1S/C20H23N5O2/c1-25-14-16(10-18(25)19(26)21-8-9-27-2)17-12-23-20(24-13-17)22-11-15-6-4-3-5-7-15/h3-7,10,12-14H,8-9,11H2,1-2H3,(H,21,26)(H,22,23,24). The van der Waals surface area contributed by atoms with E-state index in [1.807, 2.05) is 49.6 Å². The molecule has 2 heterocycles. The summed E-state index contributed by atoms with van der Waals surface area (Å²) in [5.74, 6) is 0.430. The number of methoxy groups -OCH3 is 1. The van der Waals surface area contributed by atoms with E-state index < -0.39 is 0 Å². The number of aryl methyl sites for hydroxylation is 1. The summed E-state index contributed by atoms with van der Waals surface area (Å²) >= 11 is 0. The maximum atomic E-state index is 12.2. The predicted octanol–water partition coefficient (Wildman–Crippen LogP) is 2.47. The van der Waals surface area contributed by atoms with Gasteiger partial charge in [0.1, 0.15) is 5.69 Å². The molecule has 0 bridgehead atoms. The van der Waals surface area contributed by atoms with Gasteiger partial charge in [-0.2, -0.15) is 0 Å². The van der Waals surface area contributed by atoms with Crippen LogP contribution in [0, 0.1) is 0 Å². The van der Waals surface area contributed by atoms with Crippen molar-refractivity contribution in [1.29, 1.82) is 0 Å². The third kappa shape index (κ3) is 4.92. The average Bonchev–Trinajstić information content (AvgIpc) is 3.09. The lowest BCUT2D eigenvalue weighted by atomic mass is 10.2. The number of carbonyl (C=O) groups excluding carboxylic acids is 1. The maximum Gasteiger partial charge on any atom is 0.267 e. The summed E-state index contributed by atoms with van der Waals surface area (Å²) in [5, 5.41) is 6.02. The molecule has 3 rings (SSSR count). The van der Waals surface area contributed by atoms with Crippen LogP contribution in [0.4, 0.5) is 5.95 Å². The number of nitrogens with zero attached hydrogens (tertiary/aromatic N) is 3. The monoisotopic (exact) mass is 365 g/mol. The molecule has 0 saturated heterocycles. The Morgan fingerprint density at radius 1 is 1.15 bits per heavy atom. The second kappa shape index (κ2) is 8.95. The number of hydrogen-bond donors (Lipinski definition) is 2. The predicted molar refractivity (Wildman–Crippen MR) is 104 cm³/mol. The van der Waals surface area contributed by atoms with E-state index in [2.05, 4.69) is 20.6 Å². The van der Waals surface area contributed by atoms with Gasteiger partial charge in [-0.1, -0.05) is 30.3 Å². The third-order valence-corrected chi connectivity index (χ3v) is 4.11. The minimum Gasteiger partial charge on any atom is -0.383 e. The van der Waals surface area contributed by atoms with E-state index in [1.54, 1.807) is 24.1 Å². The molecule has 2 N–H and O–H groups in total. The number of amides is 1. The molecular weight excluding hydrogens is 342 g/mol. The number of ether oxygens (including phenoxy) is 1. The molecule has 0 spiro atoms. The highest BCUT2D eigenvalue weighted by Gasteiger charge is 2.13. The number of nitrogens with one attached hydrogen (secondary N) is 2. The SMILES string of the molecule is COCCNC(=O)c1cc(-c2cnc(NCc3ccccc3)nc2)cn1C. The summed E-state index contributed by atoms with van der Waals surface area (Å²) in [6, 6.07) is 11.9. The van der Waals surface area contributed by atoms with Crippen molar-refractivity contribution in [1.82, 2.24) is 19.9 Å². The summed E-state index contributed by atoms with van der Waals surface area (Å²) < 4.78 is 6.74. The molecule has 0 unspecified atom stereocenters. The number of anilines is 1. The third-order valence-electron chi connectivity index (χ3n) is 4.11. The maximum absolute atomic E-state index is 12.2. The second-order valence-electron chi connectivity index (χ2n) is 6.11. The second-order valence-corrected chi connectivity index (χ2v) is 6.11. The van der Waals surface area contributed by atoms with Gasteiger partial charge in [-0.3, -0.25) is 4.79 Å². The van der Waals surface area contributed by atoms with Gasteiger partial charge >= 0.3 is 0 Å². The molecule has 2 aromatic heterocycles. The zero-order chi connectivity index (χ0) is 19.1. The van der Waals surface area contributed by atoms with E-state index in [1.165, 1.54) is 0 Å². The molecular formula is C20H23N5O2. The van der Waals surface area contributed by atoms with Crippen molar-refractivity contribution in [2.45, 2.75) is 6.54 Å². The minimum atomic E-state index is -0.136. The molecule has 7 heteroatoms. The van der Waals surface area contributed by atoms with Crippen LogP contribution >= 0.6 is 0 Å². The molecule has 7 nitrogen and oxygen atoms in total. The Morgan fingerprint density at radius 3 is 2.59 bits per heavy atom. The van der Waals surface area contributed by atoms with Gasteiger partial charge in [0.25, 0.3) is 5.91 Å². The minimum absolute atomic E-state index is 0.136. The first kappa shape index (κ1) is 18.6. The fourth-order valence-electron chi connectivity index (χ4n) is 2.65. The molecule has 0 fully saturated rings. The largest absolute Gasteiger partial charge is 0.383 e. The Morgan fingerprint density at radius 2 is 1.89 bits per heavy atom. The van der Waals surface area contributed by atoms with E-state index in [0.717, 1.165) is 16.7 Å². The van der Waals surface area contributed by atoms with Gasteiger partial charge in [0.05, 0.1) is 6.61 Å². The summed E-state index contributed by atoms with van der Waals surface area (Å²) in [5.41, 5.74) is 3.49. The molecule has 0 atom stereocenters. The van der Waals surface area contributed by atoms with Crippen LogP contribution < -0.4 is 10.6 Å². The lowest BCUT2D eigenvalue weighted by molar-refractivity contribution is 0.0929. The molecule has 0 aliphatic heterocycles. The first-order valence-corrected chi connectivity index (χ1v) is 8.71. The fraction of sp³-hybridized carbons (Fsp3) is 0.250. The fourth-order valence-corrected chi connectivity index (χ4v) is 2.65. The number of benzene rings is 1. The van der Waals surface area contributed by atoms with Gasteiger partial charge in [0.2, 0.25) is 5.95 Å². The number of aromatic nitrogens is 3. The Labute approximate surface area is 158 Å². The Kier molecular flexibility index (Phi) is 6.17. The van der Waals surface area contributed by atoms with Crippen molar-refractivity contribution >= 4 is 11.9 Å². The van der Waals surface area contributed by atoms with Crippen LogP contribution in [0.15, 0.2) is 55.0 Å². The number of rotatable bonds is 8. The van der Waals surface area contributed by atoms with Crippen molar-refractivity contribution in [2.24, 2.45) is 7.05 Å². The van der Waals surface area contributed by atoms with Gasteiger partial charge in [-0.15, -0.1) is 0 Å². The van der Waals surface area contributed by atoms with Crippen LogP contribution in [0.3, 0.4) is 0 Å². The number of carbonyl (C=O) groups is 1. The van der Waals surface area contributed by atoms with Crippen molar-refractivity contribution < 1.29 is 9.53 Å². The van der Waals surface area contributed by atoms with Gasteiger partial charge < -0.3 is 19.9 Å². The molecule has 3 aromatic rings. The van der Waals surface area contributed by atoms with E-state index in [9.17, 15) is 4.79 Å². The van der Waals surface area contributed by atoms with Crippen molar-refractivity contribution in [3.63, 3.8) is 0 Å². The van der Waals surface area contributed by atoms with E-state index in [0.29, 0.717) is 31.3 Å². The molecule has 1 amide bonds. The zero-order valence-electron chi connectivity index (χ0n) is 15.5. The Hall–Kier alpha value is -3.19. The van der Waals surface area contributed by atoms with Crippen LogP contribution in [0.25, 0.3) is 11.1 Å². The van der Waals surface area contributed by atoms with Crippen molar-refractivity contribution in [3.8, 4) is 11.1 Å². The van der Waals surface area contributed by atoms with Gasteiger partial charge in [-0.25, -0.2) is 9.97 Å². The van der Waals surface area contributed by atoms with Crippen molar-refractivity contribution in [3.05, 3.63) is 66.2 Å². The summed E-state index contributed by atoms with van der Waals surface area (Å²) in [6.45, 7) is 1.62. The zero-order valence-corrected chi connectivity index (χ0v) is 15.5. The summed E-state index contributed by atoms with van der Waals surface area (Å²) in [6.07, 6.45) is 5.39. The van der Waals surface area contributed by atoms with Gasteiger partial charge in [-0.05, 0) is 11.6 Å². The van der Waals surface area contributed by atoms with Crippen LogP contribution in [-0.4, -0.2) is 40.7 Å². The molecule has 0 aliphatic carbocycles. The molecule has 0 saturated carbocycles. The number of hydrogen-bond acceptors (Lipinski definition) is 5. The van der Waals surface area contributed by atoms with Crippen LogP contribution in [0.2, 0.25) is 0 Å². The lowest BCUT2D eigenvalue weighted by Crippen LogP contribution is -2.28. The quantitative estimate of drug-likeness (QED) is 0.600. The summed E-state index contributed by atoms with van der Waals surface area (Å²) in [4.78, 5) is 21.0. The van der Waals surface area contributed by atoms with Crippen molar-refractivity contribution in [2.75, 3.05) is 25.6 Å². The van der Waals surface area contributed by atoms with E-state index in [-0.39, 0.29) is 5.91 Å². The highest BCUT2D eigenvalue weighted by atomic mass is 16.5. The van der Waals surface area contributed by atoms with Crippen LogP contribution in [-0.2, 0) is 18.3 Å². The normalized spacial score (nSPS) is 10.6. The van der Waals surface area contributed by atoms with Crippen LogP contribution in [0.1, 0.15) is 16.1 Å². The first-order chi connectivity index (χ1) is 13.2. The first-order valence-electron chi connectivity index (χ1n) is 8.71. The smallest absolute Gasteiger partial charge is 0.267 e. The highest BCUT2D eigenvalue weighted by molar-refractivity contribution is 5.94. The average molecular weight is 365 g/mol. The van der Waals surface area contributed by atoms with E-state index in [4.69, 9.17) is 4.74 Å². The molecule has 1 aromatic carbocycles. The highest BCUT2D eigenvalue weighted by Crippen LogP contribution is 2.21. The molecule has 0 aliphatic rings. The van der Waals surface area contributed by atoms with Crippen LogP contribution in [0.5, 0.6) is 0 Å². The molecule has 27 heavy (non-hydrogen) atoms. The lowest BCUT2D eigenvalue weighted by Gasteiger charge is -2.05. The molecule has 140 valence electrons. The topological polar surface area (TPSA) is 81.1 Å². The van der Waals surface area contributed by atoms with Gasteiger partial charge in [0.15, 0.2) is 0 Å². The van der Waals surface area contributed by atoms with E-state index >= 15 is 0 Å². The summed E-state index contributed by atoms with van der Waals surface area (Å²) in [7, 11) is 3.44.